The summed E-state index contributed by atoms with van der Waals surface area (Å²) in [5.41, 5.74) is 2.73. The summed E-state index contributed by atoms with van der Waals surface area (Å²) in [5, 5.41) is 4.04. The van der Waals surface area contributed by atoms with Crippen molar-refractivity contribution in [3.05, 3.63) is 64.6 Å². The van der Waals surface area contributed by atoms with Crippen LogP contribution in [0.25, 0.3) is 22.6 Å². The van der Waals surface area contributed by atoms with Gasteiger partial charge in [0.1, 0.15) is 5.69 Å². The van der Waals surface area contributed by atoms with Gasteiger partial charge in [-0.2, -0.15) is 0 Å². The van der Waals surface area contributed by atoms with Gasteiger partial charge in [-0.05, 0) is 24.3 Å². The number of carbonyl (C=O) groups is 1. The van der Waals surface area contributed by atoms with Gasteiger partial charge in [-0.1, -0.05) is 51.4 Å². The quantitative estimate of drug-likeness (QED) is 0.661. The molecule has 3 aromatic rings. The summed E-state index contributed by atoms with van der Waals surface area (Å²) < 4.78 is 6.34. The van der Waals surface area contributed by atoms with E-state index in [1.165, 1.54) is 0 Å². The molecule has 2 aromatic carbocycles. The van der Waals surface area contributed by atoms with E-state index in [0.717, 1.165) is 21.9 Å². The Labute approximate surface area is 124 Å². The van der Waals surface area contributed by atoms with Gasteiger partial charge in [0.05, 0.1) is 5.56 Å². The molecule has 98 valence electrons. The minimum atomic E-state index is 0.471. The Hall–Kier alpha value is -2.20. The highest BCUT2D eigenvalue weighted by molar-refractivity contribution is 9.10. The molecule has 0 N–H and O–H groups in total. The molecule has 0 radical (unpaired) electrons. The largest absolute Gasteiger partial charge is 0.355 e. The fourth-order valence-electron chi connectivity index (χ4n) is 2.02. The van der Waals surface area contributed by atoms with Gasteiger partial charge in [0.15, 0.2) is 12.0 Å². The zero-order chi connectivity index (χ0) is 13.9. The van der Waals surface area contributed by atoms with E-state index in [0.29, 0.717) is 17.0 Å². The van der Waals surface area contributed by atoms with Crippen molar-refractivity contribution in [2.45, 2.75) is 0 Å². The second kappa shape index (κ2) is 5.43. The van der Waals surface area contributed by atoms with E-state index >= 15 is 0 Å². The Balaban J connectivity index is 2.13. The highest BCUT2D eigenvalue weighted by Crippen LogP contribution is 2.31. The summed E-state index contributed by atoms with van der Waals surface area (Å²) in [6.45, 7) is 0. The van der Waals surface area contributed by atoms with Gasteiger partial charge in [-0.3, -0.25) is 4.79 Å². The lowest BCUT2D eigenvalue weighted by molar-refractivity contribution is 0.112. The smallest absolute Gasteiger partial charge is 0.178 e. The van der Waals surface area contributed by atoms with Crippen molar-refractivity contribution in [3.8, 4) is 22.6 Å². The van der Waals surface area contributed by atoms with E-state index in [9.17, 15) is 4.79 Å². The van der Waals surface area contributed by atoms with Crippen LogP contribution in [0.1, 0.15) is 10.4 Å². The summed E-state index contributed by atoms with van der Waals surface area (Å²) >= 11 is 3.38. The second-order valence-electron chi connectivity index (χ2n) is 4.26. The average molecular weight is 328 g/mol. The SMILES string of the molecule is O=Cc1c(-c2ccccc2)noc1-c1ccc(Br)cc1. The Morgan fingerprint density at radius 3 is 2.30 bits per heavy atom. The zero-order valence-corrected chi connectivity index (χ0v) is 12.0. The van der Waals surface area contributed by atoms with Crippen LogP contribution in [0.2, 0.25) is 0 Å². The fraction of sp³-hybridized carbons (Fsp3) is 0. The highest BCUT2D eigenvalue weighted by atomic mass is 79.9. The van der Waals surface area contributed by atoms with Gasteiger partial charge >= 0.3 is 0 Å². The maximum atomic E-state index is 11.4. The van der Waals surface area contributed by atoms with E-state index in [2.05, 4.69) is 21.1 Å². The average Bonchev–Trinajstić information content (AvgIpc) is 2.93. The predicted molar refractivity (Wildman–Crippen MR) is 80.5 cm³/mol. The molecule has 0 amide bonds. The molecule has 1 heterocycles. The first kappa shape index (κ1) is 12.8. The Bertz CT molecular complexity index is 733. The van der Waals surface area contributed by atoms with Crippen molar-refractivity contribution in [2.24, 2.45) is 0 Å². The zero-order valence-electron chi connectivity index (χ0n) is 10.4. The molecule has 3 rings (SSSR count). The third-order valence-corrected chi connectivity index (χ3v) is 3.53. The first-order valence-corrected chi connectivity index (χ1v) is 6.85. The number of hydrogen-bond acceptors (Lipinski definition) is 3. The number of hydrogen-bond donors (Lipinski definition) is 0. The maximum absolute atomic E-state index is 11.4. The number of aromatic nitrogens is 1. The third kappa shape index (κ3) is 2.30. The van der Waals surface area contributed by atoms with Crippen molar-refractivity contribution >= 4 is 22.2 Å². The minimum Gasteiger partial charge on any atom is -0.355 e. The number of nitrogens with zero attached hydrogens (tertiary/aromatic N) is 1. The molecule has 0 spiro atoms. The van der Waals surface area contributed by atoms with Gasteiger partial charge in [0.2, 0.25) is 0 Å². The molecule has 0 unspecified atom stereocenters. The van der Waals surface area contributed by atoms with Crippen molar-refractivity contribution in [3.63, 3.8) is 0 Å². The summed E-state index contributed by atoms with van der Waals surface area (Å²) in [4.78, 5) is 11.4. The van der Waals surface area contributed by atoms with Crippen LogP contribution in [0, 0.1) is 0 Å². The lowest BCUT2D eigenvalue weighted by atomic mass is 10.0. The lowest BCUT2D eigenvalue weighted by Crippen LogP contribution is -1.86. The van der Waals surface area contributed by atoms with Crippen LogP contribution in [0.4, 0.5) is 0 Å². The summed E-state index contributed by atoms with van der Waals surface area (Å²) in [6.07, 6.45) is 0.788. The number of rotatable bonds is 3. The van der Waals surface area contributed by atoms with E-state index in [4.69, 9.17) is 4.52 Å². The van der Waals surface area contributed by atoms with Gasteiger partial charge in [-0.25, -0.2) is 0 Å². The van der Waals surface area contributed by atoms with Crippen LogP contribution in [0.3, 0.4) is 0 Å². The molecule has 1 aromatic heterocycles. The molecule has 0 atom stereocenters. The normalized spacial score (nSPS) is 10.4. The van der Waals surface area contributed by atoms with Crippen LogP contribution in [0.5, 0.6) is 0 Å². The molecule has 0 fully saturated rings. The number of carbonyl (C=O) groups excluding carboxylic acids is 1. The van der Waals surface area contributed by atoms with Gasteiger partial charge in [0.25, 0.3) is 0 Å². The van der Waals surface area contributed by atoms with E-state index < -0.39 is 0 Å². The molecule has 0 bridgehead atoms. The molecule has 20 heavy (non-hydrogen) atoms. The monoisotopic (exact) mass is 327 g/mol. The van der Waals surface area contributed by atoms with Crippen molar-refractivity contribution in [1.29, 1.82) is 0 Å². The van der Waals surface area contributed by atoms with Gasteiger partial charge in [-0.15, -0.1) is 0 Å². The molecular formula is C16H10BrNO2. The molecular weight excluding hydrogens is 318 g/mol. The predicted octanol–water partition coefficient (Wildman–Crippen LogP) is 4.58. The summed E-state index contributed by atoms with van der Waals surface area (Å²) in [6, 6.07) is 17.1. The van der Waals surface area contributed by atoms with E-state index in [-0.39, 0.29) is 0 Å². The Morgan fingerprint density at radius 1 is 0.950 bits per heavy atom. The topological polar surface area (TPSA) is 43.1 Å². The van der Waals surface area contributed by atoms with Crippen LogP contribution in [0.15, 0.2) is 63.6 Å². The molecule has 3 nitrogen and oxygen atoms in total. The first-order chi connectivity index (χ1) is 9.79. The van der Waals surface area contributed by atoms with E-state index in [1.807, 2.05) is 54.6 Å². The molecule has 0 saturated carbocycles. The standard InChI is InChI=1S/C16H10BrNO2/c17-13-8-6-12(7-9-13)16-14(10-19)15(18-20-16)11-4-2-1-3-5-11/h1-10H. The Kier molecular flexibility index (Phi) is 3.48. The summed E-state index contributed by atoms with van der Waals surface area (Å²) in [7, 11) is 0. The van der Waals surface area contributed by atoms with Crippen LogP contribution >= 0.6 is 15.9 Å². The van der Waals surface area contributed by atoms with Crippen molar-refractivity contribution in [1.82, 2.24) is 5.16 Å². The van der Waals surface area contributed by atoms with Crippen molar-refractivity contribution < 1.29 is 9.32 Å². The third-order valence-electron chi connectivity index (χ3n) is 3.00. The first-order valence-electron chi connectivity index (χ1n) is 6.06. The van der Waals surface area contributed by atoms with Gasteiger partial charge < -0.3 is 4.52 Å². The molecule has 0 saturated heterocycles. The molecule has 0 aliphatic heterocycles. The van der Waals surface area contributed by atoms with Crippen molar-refractivity contribution in [2.75, 3.05) is 0 Å². The lowest BCUT2D eigenvalue weighted by Gasteiger charge is -1.98. The number of benzene rings is 2. The van der Waals surface area contributed by atoms with Gasteiger partial charge in [0, 0.05) is 15.6 Å². The number of aldehydes is 1. The number of halogens is 1. The minimum absolute atomic E-state index is 0.471. The van der Waals surface area contributed by atoms with Crippen LogP contribution in [-0.4, -0.2) is 11.4 Å². The molecule has 0 aliphatic rings. The fourth-order valence-corrected chi connectivity index (χ4v) is 2.28. The Morgan fingerprint density at radius 2 is 1.65 bits per heavy atom. The van der Waals surface area contributed by atoms with Crippen LogP contribution < -0.4 is 0 Å². The second-order valence-corrected chi connectivity index (χ2v) is 5.18. The van der Waals surface area contributed by atoms with E-state index in [1.54, 1.807) is 0 Å². The maximum Gasteiger partial charge on any atom is 0.178 e. The molecule has 0 aliphatic carbocycles. The highest BCUT2D eigenvalue weighted by Gasteiger charge is 2.18. The molecule has 4 heteroatoms. The van der Waals surface area contributed by atoms with Crippen LogP contribution in [-0.2, 0) is 0 Å². The summed E-state index contributed by atoms with van der Waals surface area (Å²) in [5.74, 6) is 0.492.